The average Bonchev–Trinajstić information content (AvgIpc) is 3.24. The topological polar surface area (TPSA) is 82.6 Å². The first-order valence-electron chi connectivity index (χ1n) is 13.7. The molecule has 8 nitrogen and oxygen atoms in total. The second-order valence-corrected chi connectivity index (χ2v) is 12.1. The molecular formula is C30H30Cl2N4O4. The van der Waals surface area contributed by atoms with Crippen LogP contribution in [0, 0.1) is 11.8 Å². The summed E-state index contributed by atoms with van der Waals surface area (Å²) in [6, 6.07) is 7.56. The van der Waals surface area contributed by atoms with Gasteiger partial charge in [-0.3, -0.25) is 0 Å². The van der Waals surface area contributed by atoms with Gasteiger partial charge in [0, 0.05) is 61.0 Å². The molecule has 1 saturated heterocycles. The molecule has 3 aliphatic rings. The average molecular weight is 582 g/mol. The quantitative estimate of drug-likeness (QED) is 0.227. The molecule has 2 saturated carbocycles. The van der Waals surface area contributed by atoms with E-state index >= 15 is 0 Å². The number of ether oxygens (including phenoxy) is 2. The molecule has 1 aromatic carbocycles. The summed E-state index contributed by atoms with van der Waals surface area (Å²) in [7, 11) is 3.34. The van der Waals surface area contributed by atoms with E-state index in [0.717, 1.165) is 66.8 Å². The van der Waals surface area contributed by atoms with E-state index in [1.165, 1.54) is 7.11 Å². The fraction of sp³-hybridized carbons (Fsp3) is 0.433. The molecule has 4 aromatic rings. The number of pyridine rings is 1. The van der Waals surface area contributed by atoms with E-state index in [-0.39, 0.29) is 12.1 Å². The van der Waals surface area contributed by atoms with Crippen LogP contribution in [0.1, 0.15) is 53.3 Å². The van der Waals surface area contributed by atoms with Gasteiger partial charge in [-0.05, 0) is 49.7 Å². The van der Waals surface area contributed by atoms with Crippen molar-refractivity contribution in [1.82, 2.24) is 14.7 Å². The van der Waals surface area contributed by atoms with Gasteiger partial charge in [0.15, 0.2) is 0 Å². The fourth-order valence-electron chi connectivity index (χ4n) is 6.53. The third-order valence-electron chi connectivity index (χ3n) is 8.73. The standard InChI is InChI=1S/C30H30Cl2N4O4/c1-35-14-21(30(37)38-2)20-11-33-26(10-25(20)35)36-12-17-8-19(9-18(17)13-36)39-15-22-28(34-40-29(22)16-6-7-16)27-23(31)4-3-5-24(27)32/h3-5,10-11,14,16-19H,6-9,12-13,15H2,1-2H3/t17-,18?,19?/m0/s1. The summed E-state index contributed by atoms with van der Waals surface area (Å²) in [6.45, 7) is 2.32. The van der Waals surface area contributed by atoms with Crippen molar-refractivity contribution in [2.24, 2.45) is 18.9 Å². The molecule has 2 aliphatic carbocycles. The Morgan fingerprint density at radius 2 is 1.88 bits per heavy atom. The molecule has 3 atom stereocenters. The first kappa shape index (κ1) is 25.9. The number of aromatic nitrogens is 3. The largest absolute Gasteiger partial charge is 0.465 e. The van der Waals surface area contributed by atoms with Crippen LogP contribution < -0.4 is 4.90 Å². The van der Waals surface area contributed by atoms with Gasteiger partial charge in [-0.25, -0.2) is 9.78 Å². The lowest BCUT2D eigenvalue weighted by molar-refractivity contribution is 0.0402. The van der Waals surface area contributed by atoms with Crippen LogP contribution in [0.4, 0.5) is 5.82 Å². The van der Waals surface area contributed by atoms with Crippen molar-refractivity contribution in [1.29, 1.82) is 0 Å². The number of rotatable bonds is 7. The normalized spacial score (nSPS) is 22.3. The molecule has 7 rings (SSSR count). The van der Waals surface area contributed by atoms with Gasteiger partial charge in [0.25, 0.3) is 0 Å². The number of aryl methyl sites for hydroxylation is 1. The van der Waals surface area contributed by atoms with Crippen molar-refractivity contribution < 1.29 is 18.8 Å². The summed E-state index contributed by atoms with van der Waals surface area (Å²) in [5.74, 6) is 2.99. The molecule has 0 spiro atoms. The number of hydrogen-bond donors (Lipinski definition) is 0. The van der Waals surface area contributed by atoms with E-state index in [2.05, 4.69) is 16.1 Å². The second kappa shape index (κ2) is 10.1. The predicted octanol–water partition coefficient (Wildman–Crippen LogP) is 6.63. The van der Waals surface area contributed by atoms with Crippen molar-refractivity contribution in [3.8, 4) is 11.3 Å². The van der Waals surface area contributed by atoms with Gasteiger partial charge in [0.1, 0.15) is 17.3 Å². The highest BCUT2D eigenvalue weighted by atomic mass is 35.5. The van der Waals surface area contributed by atoms with Gasteiger partial charge >= 0.3 is 5.97 Å². The fourth-order valence-corrected chi connectivity index (χ4v) is 7.11. The summed E-state index contributed by atoms with van der Waals surface area (Å²) in [5.41, 5.74) is 3.88. The summed E-state index contributed by atoms with van der Waals surface area (Å²) in [5, 5.41) is 6.32. The van der Waals surface area contributed by atoms with Crippen molar-refractivity contribution >= 4 is 45.9 Å². The van der Waals surface area contributed by atoms with Crippen LogP contribution in [0.25, 0.3) is 22.2 Å². The number of nitrogens with zero attached hydrogens (tertiary/aromatic N) is 4. The maximum Gasteiger partial charge on any atom is 0.340 e. The Balaban J connectivity index is 1.04. The Kier molecular flexibility index (Phi) is 6.52. The zero-order valence-corrected chi connectivity index (χ0v) is 23.9. The molecule has 4 heterocycles. The van der Waals surface area contributed by atoms with E-state index in [4.69, 9.17) is 42.2 Å². The Bertz CT molecular complexity index is 1580. The summed E-state index contributed by atoms with van der Waals surface area (Å²) < 4.78 is 19.2. The maximum absolute atomic E-state index is 12.1. The highest BCUT2D eigenvalue weighted by Crippen LogP contribution is 2.47. The molecular weight excluding hydrogens is 551 g/mol. The Morgan fingerprint density at radius 3 is 2.55 bits per heavy atom. The summed E-state index contributed by atoms with van der Waals surface area (Å²) in [6.07, 6.45) is 7.99. The van der Waals surface area contributed by atoms with Crippen LogP contribution in [0.5, 0.6) is 0 Å². The number of methoxy groups -OCH3 is 1. The van der Waals surface area contributed by atoms with E-state index in [0.29, 0.717) is 51.2 Å². The van der Waals surface area contributed by atoms with Gasteiger partial charge in [-0.15, -0.1) is 0 Å². The molecule has 0 radical (unpaired) electrons. The van der Waals surface area contributed by atoms with Crippen molar-refractivity contribution in [2.75, 3.05) is 25.1 Å². The Labute approximate surface area is 242 Å². The third-order valence-corrected chi connectivity index (χ3v) is 9.36. The minimum atomic E-state index is -0.348. The lowest BCUT2D eigenvalue weighted by Crippen LogP contribution is -2.24. The lowest BCUT2D eigenvalue weighted by Gasteiger charge is -2.21. The lowest BCUT2D eigenvalue weighted by atomic mass is 10.0. The van der Waals surface area contributed by atoms with E-state index < -0.39 is 0 Å². The monoisotopic (exact) mass is 580 g/mol. The number of carbonyl (C=O) groups excluding carboxylic acids is 1. The van der Waals surface area contributed by atoms with Crippen molar-refractivity contribution in [3.05, 3.63) is 63.6 Å². The molecule has 3 aromatic heterocycles. The van der Waals surface area contributed by atoms with Crippen LogP contribution in [0.15, 0.2) is 41.2 Å². The molecule has 0 N–H and O–H groups in total. The van der Waals surface area contributed by atoms with Crippen LogP contribution >= 0.6 is 23.2 Å². The van der Waals surface area contributed by atoms with Gasteiger partial charge < -0.3 is 23.5 Å². The molecule has 0 amide bonds. The van der Waals surface area contributed by atoms with Crippen molar-refractivity contribution in [3.63, 3.8) is 0 Å². The zero-order chi connectivity index (χ0) is 27.5. The molecule has 0 bridgehead atoms. The number of carbonyl (C=O) groups is 1. The van der Waals surface area contributed by atoms with Gasteiger partial charge in [-0.2, -0.15) is 0 Å². The molecule has 1 aliphatic heterocycles. The maximum atomic E-state index is 12.1. The van der Waals surface area contributed by atoms with Gasteiger partial charge in [-0.1, -0.05) is 34.4 Å². The molecule has 2 unspecified atom stereocenters. The molecule has 10 heteroatoms. The number of benzene rings is 1. The third kappa shape index (κ3) is 4.46. The van der Waals surface area contributed by atoms with Crippen molar-refractivity contribution in [2.45, 2.75) is 44.3 Å². The Morgan fingerprint density at radius 1 is 1.15 bits per heavy atom. The summed E-state index contributed by atoms with van der Waals surface area (Å²) in [4.78, 5) is 19.2. The number of fused-ring (bicyclic) bond motifs is 2. The van der Waals surface area contributed by atoms with Crippen LogP contribution in [-0.2, 0) is 23.1 Å². The number of esters is 1. The SMILES string of the molecule is COC(=O)c1cn(C)c2cc(N3CC4CC(OCc5c(-c6c(Cl)cccc6Cl)noc5C5CC5)C[C@H]4C3)ncc12. The van der Waals surface area contributed by atoms with E-state index in [1.807, 2.05) is 29.8 Å². The van der Waals surface area contributed by atoms with Gasteiger partial charge in [0.2, 0.25) is 0 Å². The van der Waals surface area contributed by atoms with E-state index in [9.17, 15) is 4.79 Å². The Hall–Kier alpha value is -3.07. The minimum Gasteiger partial charge on any atom is -0.465 e. The zero-order valence-electron chi connectivity index (χ0n) is 22.4. The first-order valence-corrected chi connectivity index (χ1v) is 14.5. The molecule has 40 heavy (non-hydrogen) atoms. The van der Waals surface area contributed by atoms with E-state index in [1.54, 1.807) is 12.4 Å². The minimum absolute atomic E-state index is 0.180. The highest BCUT2D eigenvalue weighted by molar-refractivity contribution is 6.39. The number of hydrogen-bond acceptors (Lipinski definition) is 7. The number of anilines is 1. The first-order chi connectivity index (χ1) is 19.4. The summed E-state index contributed by atoms with van der Waals surface area (Å²) >= 11 is 13.0. The smallest absolute Gasteiger partial charge is 0.340 e. The van der Waals surface area contributed by atoms with Crippen LogP contribution in [-0.4, -0.2) is 47.0 Å². The van der Waals surface area contributed by atoms with Gasteiger partial charge in [0.05, 0.1) is 40.9 Å². The van der Waals surface area contributed by atoms with Crippen LogP contribution in [0.3, 0.4) is 0 Å². The second-order valence-electron chi connectivity index (χ2n) is 11.3. The highest BCUT2D eigenvalue weighted by Gasteiger charge is 2.42. The molecule has 208 valence electrons. The molecule has 3 fully saturated rings. The van der Waals surface area contributed by atoms with Crippen LogP contribution in [0.2, 0.25) is 10.0 Å². The number of halogens is 2. The predicted molar refractivity (Wildman–Crippen MR) is 153 cm³/mol.